The number of nitrogens with one attached hydrogen (secondary N) is 1. The summed E-state index contributed by atoms with van der Waals surface area (Å²) in [4.78, 5) is 0. The number of hydrazine groups is 1. The van der Waals surface area contributed by atoms with Gasteiger partial charge in [0.25, 0.3) is 0 Å². The Morgan fingerprint density at radius 2 is 1.58 bits per heavy atom. The molecule has 2 heteroatoms. The minimum Gasteiger partial charge on any atom is -0.271 e. The van der Waals surface area contributed by atoms with Crippen LogP contribution in [0.5, 0.6) is 0 Å². The highest BCUT2D eigenvalue weighted by molar-refractivity contribution is 4.85. The molecule has 3 unspecified atom stereocenters. The van der Waals surface area contributed by atoms with E-state index in [9.17, 15) is 0 Å². The molecule has 3 N–H and O–H groups in total. The molecule has 2 nitrogen and oxygen atoms in total. The molecule has 2 fully saturated rings. The minimum absolute atomic E-state index is 0.577. The van der Waals surface area contributed by atoms with Crippen molar-refractivity contribution in [2.45, 2.75) is 90.0 Å². The zero-order chi connectivity index (χ0) is 13.5. The molecule has 0 heterocycles. The van der Waals surface area contributed by atoms with Crippen molar-refractivity contribution in [2.24, 2.45) is 23.6 Å². The standard InChI is InChI=1S/C17H34N2/c1-2-15-11-7-8-12-16(15)17(19-18)13-14-9-5-3-4-6-10-14/h14-17,19H,2-13,18H2,1H3. The van der Waals surface area contributed by atoms with Gasteiger partial charge in [0.2, 0.25) is 0 Å². The van der Waals surface area contributed by atoms with Crippen molar-refractivity contribution >= 4 is 0 Å². The molecule has 2 aliphatic carbocycles. The van der Waals surface area contributed by atoms with E-state index in [0.29, 0.717) is 6.04 Å². The molecule has 2 rings (SSSR count). The van der Waals surface area contributed by atoms with E-state index in [1.54, 1.807) is 0 Å². The van der Waals surface area contributed by atoms with E-state index in [2.05, 4.69) is 12.3 Å². The van der Waals surface area contributed by atoms with E-state index >= 15 is 0 Å². The maximum Gasteiger partial charge on any atom is 0.0244 e. The first-order chi connectivity index (χ1) is 9.35. The molecule has 0 amide bonds. The van der Waals surface area contributed by atoms with E-state index in [0.717, 1.165) is 17.8 Å². The van der Waals surface area contributed by atoms with Gasteiger partial charge in [-0.25, -0.2) is 0 Å². The molecule has 19 heavy (non-hydrogen) atoms. The van der Waals surface area contributed by atoms with Gasteiger partial charge in [0.05, 0.1) is 0 Å². The van der Waals surface area contributed by atoms with Crippen LogP contribution in [0.3, 0.4) is 0 Å². The summed E-state index contributed by atoms with van der Waals surface area (Å²) in [5, 5.41) is 0. The van der Waals surface area contributed by atoms with Crippen molar-refractivity contribution in [3.8, 4) is 0 Å². The second kappa shape index (κ2) is 8.26. The first-order valence-electron chi connectivity index (χ1n) is 8.81. The lowest BCUT2D eigenvalue weighted by Crippen LogP contribution is -2.45. The second-order valence-corrected chi connectivity index (χ2v) is 6.98. The lowest BCUT2D eigenvalue weighted by molar-refractivity contribution is 0.154. The van der Waals surface area contributed by atoms with Gasteiger partial charge in [0.15, 0.2) is 0 Å². The highest BCUT2D eigenvalue weighted by atomic mass is 15.2. The molecular formula is C17H34N2. The van der Waals surface area contributed by atoms with Crippen LogP contribution >= 0.6 is 0 Å². The SMILES string of the molecule is CCC1CCCCC1C(CC1CCCCCC1)NN. The van der Waals surface area contributed by atoms with Crippen molar-refractivity contribution < 1.29 is 0 Å². The Hall–Kier alpha value is -0.0800. The van der Waals surface area contributed by atoms with E-state index in [4.69, 9.17) is 5.84 Å². The lowest BCUT2D eigenvalue weighted by atomic mass is 9.72. The number of nitrogens with two attached hydrogens (primary N) is 1. The summed E-state index contributed by atoms with van der Waals surface area (Å²) in [6.45, 7) is 2.36. The molecule has 0 spiro atoms. The van der Waals surface area contributed by atoms with Crippen LogP contribution in [0.2, 0.25) is 0 Å². The minimum atomic E-state index is 0.577. The third-order valence-corrected chi connectivity index (χ3v) is 5.79. The Morgan fingerprint density at radius 3 is 2.21 bits per heavy atom. The quantitative estimate of drug-likeness (QED) is 0.440. The van der Waals surface area contributed by atoms with Gasteiger partial charge in [-0.15, -0.1) is 0 Å². The summed E-state index contributed by atoms with van der Waals surface area (Å²) >= 11 is 0. The molecule has 0 radical (unpaired) electrons. The Morgan fingerprint density at radius 1 is 0.947 bits per heavy atom. The molecule has 112 valence electrons. The van der Waals surface area contributed by atoms with Crippen LogP contribution in [0.4, 0.5) is 0 Å². The average Bonchev–Trinajstić information content (AvgIpc) is 2.73. The van der Waals surface area contributed by atoms with Gasteiger partial charge in [-0.05, 0) is 30.6 Å². The van der Waals surface area contributed by atoms with Gasteiger partial charge < -0.3 is 0 Å². The van der Waals surface area contributed by atoms with Gasteiger partial charge in [-0.2, -0.15) is 0 Å². The van der Waals surface area contributed by atoms with Gasteiger partial charge in [0.1, 0.15) is 0 Å². The van der Waals surface area contributed by atoms with E-state index < -0.39 is 0 Å². The molecule has 0 saturated heterocycles. The van der Waals surface area contributed by atoms with Crippen molar-refractivity contribution in [3.63, 3.8) is 0 Å². The fourth-order valence-electron chi connectivity index (χ4n) is 4.60. The summed E-state index contributed by atoms with van der Waals surface area (Å²) in [7, 11) is 0. The molecule has 3 atom stereocenters. The molecule has 0 aromatic rings. The maximum atomic E-state index is 5.93. The monoisotopic (exact) mass is 266 g/mol. The van der Waals surface area contributed by atoms with E-state index in [-0.39, 0.29) is 0 Å². The highest BCUT2D eigenvalue weighted by Crippen LogP contribution is 2.37. The van der Waals surface area contributed by atoms with Gasteiger partial charge in [-0.3, -0.25) is 11.3 Å². The summed E-state index contributed by atoms with van der Waals surface area (Å²) in [5.74, 6) is 8.62. The van der Waals surface area contributed by atoms with Crippen molar-refractivity contribution in [1.29, 1.82) is 0 Å². The first-order valence-corrected chi connectivity index (χ1v) is 8.81. The third-order valence-electron chi connectivity index (χ3n) is 5.79. The zero-order valence-electron chi connectivity index (χ0n) is 12.9. The summed E-state index contributed by atoms with van der Waals surface area (Å²) in [6.07, 6.45) is 17.1. The van der Waals surface area contributed by atoms with Gasteiger partial charge in [0, 0.05) is 6.04 Å². The Kier molecular flexibility index (Phi) is 6.66. The molecule has 2 saturated carbocycles. The normalized spacial score (nSPS) is 31.9. The maximum absolute atomic E-state index is 5.93. The van der Waals surface area contributed by atoms with E-state index in [1.807, 2.05) is 0 Å². The fourth-order valence-corrected chi connectivity index (χ4v) is 4.60. The smallest absolute Gasteiger partial charge is 0.0244 e. The molecular weight excluding hydrogens is 232 g/mol. The Bertz CT molecular complexity index is 233. The van der Waals surface area contributed by atoms with Crippen LogP contribution in [0.15, 0.2) is 0 Å². The Balaban J connectivity index is 1.89. The topological polar surface area (TPSA) is 38.0 Å². The van der Waals surface area contributed by atoms with Crippen LogP contribution in [-0.2, 0) is 0 Å². The highest BCUT2D eigenvalue weighted by Gasteiger charge is 2.31. The van der Waals surface area contributed by atoms with E-state index in [1.165, 1.54) is 77.0 Å². The molecule has 0 aliphatic heterocycles. The molecule has 0 aromatic carbocycles. The van der Waals surface area contributed by atoms with Crippen LogP contribution in [0.1, 0.15) is 84.0 Å². The number of hydrogen-bond donors (Lipinski definition) is 2. The van der Waals surface area contributed by atoms with Gasteiger partial charge >= 0.3 is 0 Å². The number of hydrogen-bond acceptors (Lipinski definition) is 2. The van der Waals surface area contributed by atoms with Gasteiger partial charge in [-0.1, -0.05) is 71.1 Å². The largest absolute Gasteiger partial charge is 0.271 e. The van der Waals surface area contributed by atoms with Crippen molar-refractivity contribution in [2.75, 3.05) is 0 Å². The Labute approximate surface area is 119 Å². The van der Waals surface area contributed by atoms with Crippen LogP contribution in [-0.4, -0.2) is 6.04 Å². The van der Waals surface area contributed by atoms with Crippen molar-refractivity contribution in [1.82, 2.24) is 5.43 Å². The molecule has 0 aromatic heterocycles. The summed E-state index contributed by atoms with van der Waals surface area (Å²) < 4.78 is 0. The molecule has 2 aliphatic rings. The average molecular weight is 266 g/mol. The van der Waals surface area contributed by atoms with Crippen LogP contribution in [0.25, 0.3) is 0 Å². The zero-order valence-corrected chi connectivity index (χ0v) is 12.9. The predicted molar refractivity (Wildman–Crippen MR) is 82.7 cm³/mol. The first kappa shape index (κ1) is 15.3. The van der Waals surface area contributed by atoms with Crippen molar-refractivity contribution in [3.05, 3.63) is 0 Å². The predicted octanol–water partition coefficient (Wildman–Crippen LogP) is 4.40. The fraction of sp³-hybridized carbons (Fsp3) is 1.00. The number of rotatable bonds is 5. The third kappa shape index (κ3) is 4.46. The summed E-state index contributed by atoms with van der Waals surface area (Å²) in [6, 6.07) is 0.577. The van der Waals surface area contributed by atoms with Crippen LogP contribution in [0, 0.1) is 17.8 Å². The van der Waals surface area contributed by atoms with Crippen LogP contribution < -0.4 is 11.3 Å². The lowest BCUT2D eigenvalue weighted by Gasteiger charge is -2.38. The second-order valence-electron chi connectivity index (χ2n) is 6.98. The molecule has 0 bridgehead atoms. The summed E-state index contributed by atoms with van der Waals surface area (Å²) in [5.41, 5.74) is 3.20.